The van der Waals surface area contributed by atoms with Crippen LogP contribution in [0.25, 0.3) is 0 Å². The van der Waals surface area contributed by atoms with Crippen molar-refractivity contribution >= 4 is 22.6 Å². The first-order valence-corrected chi connectivity index (χ1v) is 14.6. The van der Waals surface area contributed by atoms with E-state index >= 15 is 0 Å². The Morgan fingerprint density at radius 2 is 1.52 bits per heavy atom. The van der Waals surface area contributed by atoms with Crippen LogP contribution in [0, 0.1) is 0 Å². The van der Waals surface area contributed by atoms with E-state index in [0.29, 0.717) is 18.4 Å². The molecule has 9 nitrogen and oxygen atoms in total. The number of ether oxygens (including phenoxy) is 4. The molecule has 1 aliphatic carbocycles. The lowest BCUT2D eigenvalue weighted by Gasteiger charge is -2.36. The second-order valence-corrected chi connectivity index (χ2v) is 12.7. The summed E-state index contributed by atoms with van der Waals surface area (Å²) >= 11 is 1.45. The summed E-state index contributed by atoms with van der Waals surface area (Å²) in [6, 6.07) is 16.5. The molecule has 1 aromatic heterocycles. The molecular formula is C30H38N4O5S. The fourth-order valence-corrected chi connectivity index (χ4v) is 5.50. The summed E-state index contributed by atoms with van der Waals surface area (Å²) in [5.41, 5.74) is 1.66. The lowest BCUT2D eigenvalue weighted by atomic mass is 9.78. The number of rotatable bonds is 8. The molecular weight excluding hydrogens is 528 g/mol. The van der Waals surface area contributed by atoms with E-state index in [1.165, 1.54) is 22.5 Å². The van der Waals surface area contributed by atoms with E-state index in [4.69, 9.17) is 18.9 Å². The number of carbonyl (C=O) groups excluding carboxylic acids is 1. The van der Waals surface area contributed by atoms with Crippen LogP contribution in [-0.2, 0) is 14.9 Å². The van der Waals surface area contributed by atoms with E-state index in [9.17, 15) is 4.79 Å². The van der Waals surface area contributed by atoms with Crippen LogP contribution in [0.1, 0.15) is 58.6 Å². The largest absolute Gasteiger partial charge is 0.490 e. The fraction of sp³-hybridized carbons (Fsp3) is 0.500. The van der Waals surface area contributed by atoms with Gasteiger partial charge >= 0.3 is 11.3 Å². The summed E-state index contributed by atoms with van der Waals surface area (Å²) < 4.78 is 22.8. The zero-order valence-corrected chi connectivity index (χ0v) is 24.6. The third-order valence-corrected chi connectivity index (χ3v) is 8.02. The second-order valence-electron chi connectivity index (χ2n) is 11.8. The minimum absolute atomic E-state index is 0.0867. The fourth-order valence-electron chi connectivity index (χ4n) is 4.73. The summed E-state index contributed by atoms with van der Waals surface area (Å²) in [4.78, 5) is 14.1. The van der Waals surface area contributed by atoms with Crippen LogP contribution < -0.4 is 19.7 Å². The number of nitrogens with zero attached hydrogens (tertiary/aromatic N) is 3. The number of benzene rings is 2. The Morgan fingerprint density at radius 1 is 0.925 bits per heavy atom. The van der Waals surface area contributed by atoms with E-state index in [-0.39, 0.29) is 23.7 Å². The topological polar surface area (TPSA) is 95.0 Å². The number of aromatic nitrogens is 2. The van der Waals surface area contributed by atoms with Gasteiger partial charge in [0.05, 0.1) is 13.2 Å². The summed E-state index contributed by atoms with van der Waals surface area (Å²) in [7, 11) is 0. The SMILES string of the molecule is CC(C)(C)OC(=O)NC1CC(Oc2ccc(C(C)(C)c3ccc(Oc4nnc(N5CCOCC5)s4)cc3)cc2)C1. The van der Waals surface area contributed by atoms with Crippen LogP contribution in [-0.4, -0.2) is 60.3 Å². The molecule has 0 bridgehead atoms. The second kappa shape index (κ2) is 11.6. The van der Waals surface area contributed by atoms with Gasteiger partial charge in [-0.05, 0) is 67.5 Å². The van der Waals surface area contributed by atoms with E-state index in [1.54, 1.807) is 0 Å². The number of nitrogens with one attached hydrogen (secondary N) is 1. The van der Waals surface area contributed by atoms with Crippen molar-refractivity contribution in [1.82, 2.24) is 15.5 Å². The van der Waals surface area contributed by atoms with Crippen molar-refractivity contribution in [3.63, 3.8) is 0 Å². The molecule has 1 N–H and O–H groups in total. The third kappa shape index (κ3) is 7.03. The Hall–Kier alpha value is -3.37. The highest BCUT2D eigenvalue weighted by Crippen LogP contribution is 2.36. The van der Waals surface area contributed by atoms with Crippen molar-refractivity contribution in [1.29, 1.82) is 0 Å². The number of amides is 1. The van der Waals surface area contributed by atoms with Gasteiger partial charge in [-0.25, -0.2) is 4.79 Å². The average molecular weight is 567 g/mol. The number of hydrogen-bond acceptors (Lipinski definition) is 9. The van der Waals surface area contributed by atoms with Gasteiger partial charge in [-0.2, -0.15) is 0 Å². The summed E-state index contributed by atoms with van der Waals surface area (Å²) in [6.45, 7) is 13.0. The quantitative estimate of drug-likeness (QED) is 0.359. The zero-order valence-electron chi connectivity index (χ0n) is 23.8. The lowest BCUT2D eigenvalue weighted by molar-refractivity contribution is 0.0363. The molecule has 0 spiro atoms. The Bertz CT molecular complexity index is 1270. The van der Waals surface area contributed by atoms with Gasteiger partial charge < -0.3 is 29.2 Å². The molecule has 0 unspecified atom stereocenters. The zero-order chi connectivity index (χ0) is 28.3. The number of alkyl carbamates (subject to hydrolysis) is 1. The number of morpholine rings is 1. The van der Waals surface area contributed by atoms with Gasteiger partial charge in [-0.15, -0.1) is 5.10 Å². The molecule has 2 aromatic carbocycles. The summed E-state index contributed by atoms with van der Waals surface area (Å²) in [5.74, 6) is 1.56. The minimum Gasteiger partial charge on any atom is -0.490 e. The summed E-state index contributed by atoms with van der Waals surface area (Å²) in [5, 5.41) is 12.8. The highest BCUT2D eigenvalue weighted by atomic mass is 32.1. The predicted octanol–water partition coefficient (Wildman–Crippen LogP) is 5.93. The van der Waals surface area contributed by atoms with Gasteiger partial charge in [0, 0.05) is 37.4 Å². The molecule has 5 rings (SSSR count). The monoisotopic (exact) mass is 566 g/mol. The average Bonchev–Trinajstić information content (AvgIpc) is 3.36. The number of carbonyl (C=O) groups is 1. The molecule has 1 saturated carbocycles. The third-order valence-electron chi connectivity index (χ3n) is 7.15. The minimum atomic E-state index is -0.498. The molecule has 2 fully saturated rings. The Labute approximate surface area is 239 Å². The number of anilines is 1. The van der Waals surface area contributed by atoms with E-state index in [1.807, 2.05) is 45.0 Å². The normalized spacial score (nSPS) is 19.5. The highest BCUT2D eigenvalue weighted by molar-refractivity contribution is 7.17. The number of hydrogen-bond donors (Lipinski definition) is 1. The van der Waals surface area contributed by atoms with E-state index in [0.717, 1.165) is 42.6 Å². The van der Waals surface area contributed by atoms with Gasteiger partial charge in [0.1, 0.15) is 23.2 Å². The van der Waals surface area contributed by atoms with Crippen LogP contribution in [0.2, 0.25) is 0 Å². The molecule has 2 aliphatic rings. The van der Waals surface area contributed by atoms with E-state index in [2.05, 4.69) is 58.5 Å². The van der Waals surface area contributed by atoms with Crippen molar-refractivity contribution in [2.75, 3.05) is 31.2 Å². The first-order chi connectivity index (χ1) is 19.0. The Kier molecular flexibility index (Phi) is 8.19. The summed E-state index contributed by atoms with van der Waals surface area (Å²) in [6.07, 6.45) is 1.25. The van der Waals surface area contributed by atoms with Crippen LogP contribution >= 0.6 is 11.3 Å². The maximum absolute atomic E-state index is 11.9. The van der Waals surface area contributed by atoms with Gasteiger partial charge in [0.2, 0.25) is 5.13 Å². The molecule has 0 atom stereocenters. The molecule has 1 saturated heterocycles. The standard InChI is InChI=1S/C30H38N4O5S/c1-29(2,3)39-27(35)31-22-18-25(19-22)37-23-10-6-20(7-11-23)30(4,5)21-8-12-24(13-9-21)38-28-33-32-26(40-28)34-14-16-36-17-15-34/h6-13,22,25H,14-19H2,1-5H3,(H,31,35). The van der Waals surface area contributed by atoms with Gasteiger partial charge in [-0.1, -0.05) is 43.2 Å². The molecule has 2 heterocycles. The maximum Gasteiger partial charge on any atom is 0.407 e. The first kappa shape index (κ1) is 28.2. The van der Waals surface area contributed by atoms with Crippen molar-refractivity contribution in [3.8, 4) is 16.7 Å². The molecule has 1 aliphatic heterocycles. The first-order valence-electron chi connectivity index (χ1n) is 13.8. The van der Waals surface area contributed by atoms with Crippen LogP contribution in [0.5, 0.6) is 16.7 Å². The molecule has 1 amide bonds. The Balaban J connectivity index is 1.12. The van der Waals surface area contributed by atoms with Crippen molar-refractivity contribution < 1.29 is 23.7 Å². The van der Waals surface area contributed by atoms with Crippen LogP contribution in [0.3, 0.4) is 0 Å². The van der Waals surface area contributed by atoms with Crippen molar-refractivity contribution in [2.24, 2.45) is 0 Å². The molecule has 0 radical (unpaired) electrons. The molecule has 40 heavy (non-hydrogen) atoms. The maximum atomic E-state index is 11.9. The molecule has 10 heteroatoms. The van der Waals surface area contributed by atoms with Gasteiger partial charge in [-0.3, -0.25) is 0 Å². The van der Waals surface area contributed by atoms with Crippen LogP contribution in [0.4, 0.5) is 9.93 Å². The van der Waals surface area contributed by atoms with Gasteiger partial charge in [0.25, 0.3) is 0 Å². The van der Waals surface area contributed by atoms with Crippen molar-refractivity contribution in [3.05, 3.63) is 59.7 Å². The Morgan fingerprint density at radius 3 is 2.12 bits per heavy atom. The lowest BCUT2D eigenvalue weighted by Crippen LogP contribution is -2.50. The van der Waals surface area contributed by atoms with Gasteiger partial charge in [0.15, 0.2) is 0 Å². The highest BCUT2D eigenvalue weighted by Gasteiger charge is 2.33. The molecule has 3 aromatic rings. The van der Waals surface area contributed by atoms with Crippen molar-refractivity contribution in [2.45, 2.75) is 70.6 Å². The predicted molar refractivity (Wildman–Crippen MR) is 155 cm³/mol. The smallest absolute Gasteiger partial charge is 0.407 e. The van der Waals surface area contributed by atoms with Crippen LogP contribution in [0.15, 0.2) is 48.5 Å². The molecule has 214 valence electrons. The van der Waals surface area contributed by atoms with E-state index < -0.39 is 5.60 Å².